The van der Waals surface area contributed by atoms with E-state index in [1.54, 1.807) is 13.8 Å². The number of Topliss-reactive ketones (excluding diaryl/α,β-unsaturated/α-hetero) is 1. The molecular weight excluding hydrogens is 140 g/mol. The summed E-state index contributed by atoms with van der Waals surface area (Å²) < 4.78 is 0. The van der Waals surface area contributed by atoms with Gasteiger partial charge in [0.1, 0.15) is 0 Å². The van der Waals surface area contributed by atoms with E-state index < -0.39 is 0 Å². The summed E-state index contributed by atoms with van der Waals surface area (Å²) in [7, 11) is 0. The Morgan fingerprint density at radius 1 is 1.27 bits per heavy atom. The second-order valence-corrected chi connectivity index (χ2v) is 2.43. The number of carbonyl (C=O) groups excluding carboxylic acids is 1. The quantitative estimate of drug-likeness (QED) is 0.561. The van der Waals surface area contributed by atoms with Gasteiger partial charge in [0.15, 0.2) is 12.1 Å². The van der Waals surface area contributed by atoms with Crippen molar-refractivity contribution in [2.75, 3.05) is 0 Å². The van der Waals surface area contributed by atoms with Crippen molar-refractivity contribution in [3.8, 4) is 0 Å². The van der Waals surface area contributed by atoms with Gasteiger partial charge in [0.25, 0.3) is 0 Å². The van der Waals surface area contributed by atoms with E-state index >= 15 is 0 Å². The van der Waals surface area contributed by atoms with E-state index in [1.165, 1.54) is 6.92 Å². The Hall–Kier alpha value is -1.25. The van der Waals surface area contributed by atoms with Gasteiger partial charge in [-0.25, -0.2) is 9.97 Å². The highest BCUT2D eigenvalue weighted by Gasteiger charge is 2.08. The summed E-state index contributed by atoms with van der Waals surface area (Å²) >= 11 is 0. The average molecular weight is 149 g/mol. The molecule has 0 aliphatic rings. The minimum Gasteiger partial charge on any atom is -0.294 e. The fourth-order valence-corrected chi connectivity index (χ4v) is 1.06. The van der Waals surface area contributed by atoms with Gasteiger partial charge < -0.3 is 0 Å². The van der Waals surface area contributed by atoms with Crippen LogP contribution in [-0.2, 0) is 0 Å². The van der Waals surface area contributed by atoms with Gasteiger partial charge in [-0.05, 0) is 20.8 Å². The van der Waals surface area contributed by atoms with Crippen LogP contribution < -0.4 is 0 Å². The van der Waals surface area contributed by atoms with E-state index in [1.807, 2.05) is 0 Å². The standard InChI is InChI=1S/C8H9N2O/c1-5-8(7(3)11)6(2)10-4-9-5/h1-3H3. The number of hydrogen-bond acceptors (Lipinski definition) is 3. The SMILES string of the molecule is CC(=O)c1c(C)n[c]nc1C. The molecule has 11 heavy (non-hydrogen) atoms. The van der Waals surface area contributed by atoms with E-state index in [9.17, 15) is 4.79 Å². The summed E-state index contributed by atoms with van der Waals surface area (Å²) in [5.41, 5.74) is 2.01. The van der Waals surface area contributed by atoms with Crippen LogP contribution in [0.4, 0.5) is 0 Å². The molecule has 0 fully saturated rings. The lowest BCUT2D eigenvalue weighted by Crippen LogP contribution is -2.03. The molecule has 1 aromatic heterocycles. The van der Waals surface area contributed by atoms with Crippen molar-refractivity contribution in [2.24, 2.45) is 0 Å². The maximum atomic E-state index is 11.0. The van der Waals surface area contributed by atoms with Crippen LogP contribution in [-0.4, -0.2) is 15.8 Å². The maximum Gasteiger partial charge on any atom is 0.198 e. The largest absolute Gasteiger partial charge is 0.294 e. The highest BCUT2D eigenvalue weighted by Crippen LogP contribution is 2.07. The zero-order valence-corrected chi connectivity index (χ0v) is 6.80. The Bertz CT molecular complexity index is 274. The third-order valence-corrected chi connectivity index (χ3v) is 1.51. The third-order valence-electron chi connectivity index (χ3n) is 1.51. The number of aryl methyl sites for hydroxylation is 2. The number of hydrogen-bond donors (Lipinski definition) is 0. The van der Waals surface area contributed by atoms with Gasteiger partial charge in [0.2, 0.25) is 0 Å². The fourth-order valence-electron chi connectivity index (χ4n) is 1.06. The first-order valence-electron chi connectivity index (χ1n) is 3.35. The maximum absolute atomic E-state index is 11.0. The highest BCUT2D eigenvalue weighted by molar-refractivity contribution is 5.95. The lowest BCUT2D eigenvalue weighted by molar-refractivity contribution is 0.101. The molecule has 1 heterocycles. The van der Waals surface area contributed by atoms with Gasteiger partial charge in [-0.1, -0.05) is 0 Å². The van der Waals surface area contributed by atoms with Gasteiger partial charge in [-0.15, -0.1) is 0 Å². The zero-order valence-electron chi connectivity index (χ0n) is 6.80. The Balaban J connectivity index is 3.32. The van der Waals surface area contributed by atoms with E-state index in [0.29, 0.717) is 17.0 Å². The second kappa shape index (κ2) is 2.78. The molecule has 0 aliphatic heterocycles. The average Bonchev–Trinajstić information content (AvgIpc) is 1.85. The molecule has 1 radical (unpaired) electrons. The minimum atomic E-state index is 0.00833. The number of aromatic nitrogens is 2. The predicted octanol–water partition coefficient (Wildman–Crippen LogP) is 1.10. The van der Waals surface area contributed by atoms with Crippen molar-refractivity contribution in [2.45, 2.75) is 20.8 Å². The van der Waals surface area contributed by atoms with Crippen LogP contribution in [0.2, 0.25) is 0 Å². The molecule has 1 rings (SSSR count). The van der Waals surface area contributed by atoms with Gasteiger partial charge >= 0.3 is 0 Å². The van der Waals surface area contributed by atoms with Gasteiger partial charge in [-0.2, -0.15) is 0 Å². The van der Waals surface area contributed by atoms with Gasteiger partial charge in [0, 0.05) is 0 Å². The molecule has 0 N–H and O–H groups in total. The molecule has 0 saturated carbocycles. The molecule has 0 saturated heterocycles. The van der Waals surface area contributed by atoms with Crippen LogP contribution in [0.3, 0.4) is 0 Å². The van der Waals surface area contributed by atoms with Crippen molar-refractivity contribution in [3.63, 3.8) is 0 Å². The Morgan fingerprint density at radius 3 is 2.00 bits per heavy atom. The lowest BCUT2D eigenvalue weighted by Gasteiger charge is -2.01. The monoisotopic (exact) mass is 149 g/mol. The molecule has 0 bridgehead atoms. The normalized spacial score (nSPS) is 9.73. The molecule has 0 aliphatic carbocycles. The second-order valence-electron chi connectivity index (χ2n) is 2.43. The number of ketones is 1. The Kier molecular flexibility index (Phi) is 1.98. The van der Waals surface area contributed by atoms with E-state index in [0.717, 1.165) is 0 Å². The molecule has 0 spiro atoms. The highest BCUT2D eigenvalue weighted by atomic mass is 16.1. The lowest BCUT2D eigenvalue weighted by atomic mass is 10.1. The van der Waals surface area contributed by atoms with Crippen LogP contribution in [0.5, 0.6) is 0 Å². The molecule has 3 nitrogen and oxygen atoms in total. The number of nitrogens with zero attached hydrogens (tertiary/aromatic N) is 2. The topological polar surface area (TPSA) is 42.9 Å². The molecule has 0 aromatic carbocycles. The van der Waals surface area contributed by atoms with E-state index in [-0.39, 0.29) is 5.78 Å². The summed E-state index contributed by atoms with van der Waals surface area (Å²) in [5, 5.41) is 0. The van der Waals surface area contributed by atoms with Crippen molar-refractivity contribution >= 4 is 5.78 Å². The summed E-state index contributed by atoms with van der Waals surface area (Å²) in [6.45, 7) is 5.07. The van der Waals surface area contributed by atoms with Crippen molar-refractivity contribution < 1.29 is 4.79 Å². The van der Waals surface area contributed by atoms with Gasteiger partial charge in [-0.3, -0.25) is 4.79 Å². The first-order valence-corrected chi connectivity index (χ1v) is 3.35. The van der Waals surface area contributed by atoms with Gasteiger partial charge in [0.05, 0.1) is 17.0 Å². The van der Waals surface area contributed by atoms with Crippen LogP contribution in [0.1, 0.15) is 28.7 Å². The first kappa shape index (κ1) is 7.85. The molecule has 0 amide bonds. The molecule has 0 unspecified atom stereocenters. The van der Waals surface area contributed by atoms with Crippen molar-refractivity contribution in [1.82, 2.24) is 9.97 Å². The fraction of sp³-hybridized carbons (Fsp3) is 0.375. The smallest absolute Gasteiger partial charge is 0.198 e. The van der Waals surface area contributed by atoms with Crippen LogP contribution >= 0.6 is 0 Å². The summed E-state index contributed by atoms with van der Waals surface area (Å²) in [6.07, 6.45) is 2.47. The van der Waals surface area contributed by atoms with Crippen molar-refractivity contribution in [1.29, 1.82) is 0 Å². The number of carbonyl (C=O) groups is 1. The molecule has 57 valence electrons. The summed E-state index contributed by atoms with van der Waals surface area (Å²) in [6, 6.07) is 0. The summed E-state index contributed by atoms with van der Waals surface area (Å²) in [5.74, 6) is 0.00833. The summed E-state index contributed by atoms with van der Waals surface area (Å²) in [4.78, 5) is 18.6. The molecule has 3 heteroatoms. The van der Waals surface area contributed by atoms with Crippen LogP contribution in [0.25, 0.3) is 0 Å². The number of rotatable bonds is 1. The van der Waals surface area contributed by atoms with E-state index in [2.05, 4.69) is 16.3 Å². The molecule has 0 atom stereocenters. The van der Waals surface area contributed by atoms with Crippen LogP contribution in [0.15, 0.2) is 0 Å². The molecule has 1 aromatic rings. The third kappa shape index (κ3) is 1.42. The zero-order chi connectivity index (χ0) is 8.43. The van der Waals surface area contributed by atoms with Crippen LogP contribution in [0, 0.1) is 20.2 Å². The Labute approximate surface area is 65.5 Å². The Morgan fingerprint density at radius 2 is 1.73 bits per heavy atom. The molecular formula is C8H9N2O. The van der Waals surface area contributed by atoms with E-state index in [4.69, 9.17) is 0 Å². The van der Waals surface area contributed by atoms with Crippen molar-refractivity contribution in [3.05, 3.63) is 23.3 Å². The predicted molar refractivity (Wildman–Crippen MR) is 40.3 cm³/mol. The minimum absolute atomic E-state index is 0.00833. The first-order chi connectivity index (χ1) is 5.13.